The third-order valence-electron chi connectivity index (χ3n) is 0.0816. The van der Waals surface area contributed by atoms with Crippen molar-refractivity contribution < 1.29 is 14.3 Å². The summed E-state index contributed by atoms with van der Waals surface area (Å²) in [7, 11) is -2.79. The van der Waals surface area contributed by atoms with Crippen molar-refractivity contribution in [2.24, 2.45) is 0 Å². The zero-order valence-electron chi connectivity index (χ0n) is 2.21. The minimum absolute atomic E-state index is 0.981. The normalized spacial score (nSPS) is 7.40. The second-order valence-corrected chi connectivity index (χ2v) is 1.07. The van der Waals surface area contributed by atoms with Gasteiger partial charge in [-0.1, -0.05) is 5.25 Å². The van der Waals surface area contributed by atoms with Crippen LogP contribution in [0, 0.1) is 0 Å². The molecule has 4 nitrogen and oxygen atoms in total. The molecule has 0 radical (unpaired) electrons. The van der Waals surface area contributed by atoms with Crippen LogP contribution in [0.5, 0.6) is 0 Å². The van der Waals surface area contributed by atoms with E-state index in [1.165, 1.54) is 0 Å². The maximum atomic E-state index is 9.04. The van der Waals surface area contributed by atoms with E-state index in [0.29, 0.717) is 0 Å². The summed E-state index contributed by atoms with van der Waals surface area (Å²) in [4.78, 5) is 0. The van der Waals surface area contributed by atoms with E-state index in [0.717, 1.165) is 5.25 Å². The molecule has 0 rings (SSSR count). The molecule has 5 heavy (non-hydrogen) atoms. The van der Waals surface area contributed by atoms with Crippen LogP contribution in [0.15, 0.2) is 0 Å². The Morgan fingerprint density at radius 1 is 1.60 bits per heavy atom. The fourth-order valence-electron chi connectivity index (χ4n) is 0. The molecule has 0 aromatic rings. The molecule has 0 aliphatic rings. The molecule has 0 atom stereocenters. The van der Waals surface area contributed by atoms with Crippen LogP contribution in [0.1, 0.15) is 0 Å². The fourth-order valence-corrected chi connectivity index (χ4v) is 0. The Balaban J connectivity index is 3.23. The lowest BCUT2D eigenvalue weighted by molar-refractivity contribution is 0.239. The molecule has 5 heteroatoms. The van der Waals surface area contributed by atoms with Gasteiger partial charge in [0.15, 0.2) is 0 Å². The summed E-state index contributed by atoms with van der Waals surface area (Å²) in [5.41, 5.74) is 0. The molecule has 0 aromatic heterocycles. The van der Waals surface area contributed by atoms with Crippen molar-refractivity contribution in [2.45, 2.75) is 0 Å². The van der Waals surface area contributed by atoms with E-state index >= 15 is 0 Å². The van der Waals surface area contributed by atoms with Gasteiger partial charge >= 0.3 is 7.83 Å². The zero-order chi connectivity index (χ0) is 4.28. The SMILES string of the molecule is O=P(=O)NO. The van der Waals surface area contributed by atoms with E-state index in [4.69, 9.17) is 14.3 Å². The quantitative estimate of drug-likeness (QED) is 0.356. The monoisotopic (exact) mass is 95.0 g/mol. The Bertz CT molecular complexity index is 65.0. The summed E-state index contributed by atoms with van der Waals surface area (Å²) in [6, 6.07) is 0. The van der Waals surface area contributed by atoms with E-state index < -0.39 is 7.83 Å². The van der Waals surface area contributed by atoms with Gasteiger partial charge in [-0.3, -0.25) is 0 Å². The van der Waals surface area contributed by atoms with Crippen LogP contribution in [0.25, 0.3) is 0 Å². The highest BCUT2D eigenvalue weighted by Crippen LogP contribution is 1.85. The van der Waals surface area contributed by atoms with Crippen LogP contribution in [-0.4, -0.2) is 5.21 Å². The molecule has 0 unspecified atom stereocenters. The van der Waals surface area contributed by atoms with Crippen LogP contribution < -0.4 is 5.25 Å². The van der Waals surface area contributed by atoms with Crippen LogP contribution >= 0.6 is 7.83 Å². The maximum Gasteiger partial charge on any atom is 0.419 e. The largest absolute Gasteiger partial charge is 0.419 e. The van der Waals surface area contributed by atoms with Gasteiger partial charge in [0.25, 0.3) is 0 Å². The predicted octanol–water partition coefficient (Wildman–Crippen LogP) is 0.0531. The third-order valence-corrected chi connectivity index (χ3v) is 0.245. The number of nitrogens with one attached hydrogen (secondary N) is 1. The molecule has 2 N–H and O–H groups in total. The lowest BCUT2D eigenvalue weighted by Crippen LogP contribution is -1.83. The highest BCUT2D eigenvalue weighted by molar-refractivity contribution is 7.27. The lowest BCUT2D eigenvalue weighted by atomic mass is 13.5. The van der Waals surface area contributed by atoms with E-state index in [1.807, 2.05) is 0 Å². The van der Waals surface area contributed by atoms with Gasteiger partial charge in [-0.25, -0.2) is 9.13 Å². The topological polar surface area (TPSA) is 66.4 Å². The van der Waals surface area contributed by atoms with Gasteiger partial charge in [-0.05, 0) is 0 Å². The summed E-state index contributed by atoms with van der Waals surface area (Å²) in [5, 5.41) is 8.28. The highest BCUT2D eigenvalue weighted by Gasteiger charge is 1.71. The molecule has 0 saturated carbocycles. The van der Waals surface area contributed by atoms with Gasteiger partial charge in [-0.2, -0.15) is 0 Å². The van der Waals surface area contributed by atoms with Crippen molar-refractivity contribution in [3.63, 3.8) is 0 Å². The summed E-state index contributed by atoms with van der Waals surface area (Å²) in [6.45, 7) is 0. The molecule has 0 fully saturated rings. The van der Waals surface area contributed by atoms with Gasteiger partial charge in [0.2, 0.25) is 0 Å². The summed E-state index contributed by atoms with van der Waals surface area (Å²) >= 11 is 0. The second-order valence-electron chi connectivity index (χ2n) is 0.357. The van der Waals surface area contributed by atoms with Gasteiger partial charge in [0.05, 0.1) is 0 Å². The molecule has 30 valence electrons. The Morgan fingerprint density at radius 2 is 1.80 bits per heavy atom. The number of rotatable bonds is 1. The van der Waals surface area contributed by atoms with E-state index in [2.05, 4.69) is 0 Å². The van der Waals surface area contributed by atoms with E-state index in [9.17, 15) is 0 Å². The van der Waals surface area contributed by atoms with E-state index in [-0.39, 0.29) is 0 Å². The van der Waals surface area contributed by atoms with Gasteiger partial charge in [-0.15, -0.1) is 0 Å². The lowest BCUT2D eigenvalue weighted by Gasteiger charge is -1.61. The van der Waals surface area contributed by atoms with Crippen LogP contribution in [0.2, 0.25) is 0 Å². The minimum Gasteiger partial charge on any atom is -0.304 e. The third kappa shape index (κ3) is 3.82. The first-order valence-corrected chi connectivity index (χ1v) is 1.99. The molecule has 0 aliphatic carbocycles. The average molecular weight is 95.0 g/mol. The zero-order valence-corrected chi connectivity index (χ0v) is 3.11. The summed E-state index contributed by atoms with van der Waals surface area (Å²) in [6.07, 6.45) is 0. The van der Waals surface area contributed by atoms with Crippen molar-refractivity contribution in [1.29, 1.82) is 0 Å². The van der Waals surface area contributed by atoms with Gasteiger partial charge < -0.3 is 5.21 Å². The molecule has 0 amide bonds. The van der Waals surface area contributed by atoms with Crippen molar-refractivity contribution >= 4 is 7.83 Å². The second kappa shape index (κ2) is 2.08. The first kappa shape index (κ1) is 4.82. The van der Waals surface area contributed by atoms with Crippen molar-refractivity contribution in [3.05, 3.63) is 0 Å². The standard InChI is InChI=1S/H2NO3P/c2-1-5(3)4/h2H,(H,1,3,4). The molecule has 0 aliphatic heterocycles. The van der Waals surface area contributed by atoms with Crippen LogP contribution in [-0.2, 0) is 9.13 Å². The summed E-state index contributed by atoms with van der Waals surface area (Å²) < 4.78 is 18.1. The Hall–Kier alpha value is -0.180. The molecular formula is H2NO3P. The molecule has 0 aromatic carbocycles. The summed E-state index contributed by atoms with van der Waals surface area (Å²) in [5.74, 6) is 0. The molecule has 0 bridgehead atoms. The maximum absolute atomic E-state index is 9.04. The van der Waals surface area contributed by atoms with Gasteiger partial charge in [0.1, 0.15) is 0 Å². The predicted molar refractivity (Wildman–Crippen MR) is 13.2 cm³/mol. The van der Waals surface area contributed by atoms with Crippen molar-refractivity contribution in [1.82, 2.24) is 5.25 Å². The average Bonchev–Trinajstić information content (AvgIpc) is 1.38. The van der Waals surface area contributed by atoms with Crippen molar-refractivity contribution in [3.8, 4) is 0 Å². The minimum atomic E-state index is -2.79. The number of hydrogen-bond donors (Lipinski definition) is 2. The van der Waals surface area contributed by atoms with E-state index in [1.54, 1.807) is 0 Å². The smallest absolute Gasteiger partial charge is 0.304 e. The molecule has 0 saturated heterocycles. The highest BCUT2D eigenvalue weighted by atomic mass is 31.1. The first-order chi connectivity index (χ1) is 2.27. The molecule has 0 heterocycles. The van der Waals surface area contributed by atoms with Crippen molar-refractivity contribution in [2.75, 3.05) is 0 Å². The Kier molecular flexibility index (Phi) is 2.01. The van der Waals surface area contributed by atoms with Crippen LogP contribution in [0.4, 0.5) is 0 Å². The Labute approximate surface area is 28.6 Å². The first-order valence-electron chi connectivity index (χ1n) is 0.812. The number of hydrogen-bond acceptors (Lipinski definition) is 3. The molecular weight excluding hydrogens is 93.0 g/mol. The van der Waals surface area contributed by atoms with Crippen LogP contribution in [0.3, 0.4) is 0 Å². The Morgan fingerprint density at radius 3 is 1.80 bits per heavy atom. The molecule has 0 spiro atoms. The fraction of sp³-hybridized carbons (Fsp3) is 0. The van der Waals surface area contributed by atoms with Gasteiger partial charge in [0, 0.05) is 0 Å².